The Bertz CT molecular complexity index is 265. The van der Waals surface area contributed by atoms with E-state index in [9.17, 15) is 0 Å². The van der Waals surface area contributed by atoms with Gasteiger partial charge in [0.1, 0.15) is 5.75 Å². The van der Waals surface area contributed by atoms with Crippen LogP contribution in [0.25, 0.3) is 0 Å². The summed E-state index contributed by atoms with van der Waals surface area (Å²) in [6.07, 6.45) is 0. The molecule has 0 spiro atoms. The summed E-state index contributed by atoms with van der Waals surface area (Å²) in [4.78, 5) is 0. The molecule has 1 rings (SSSR count). The lowest BCUT2D eigenvalue weighted by Crippen LogP contribution is -2.10. The Labute approximate surface area is 98.4 Å². The summed E-state index contributed by atoms with van der Waals surface area (Å²) < 4.78 is 6.79. The molecule has 72 valence electrons. The molecule has 0 aromatic heterocycles. The molecule has 1 nitrogen and oxygen atoms in total. The fourth-order valence-corrected chi connectivity index (χ4v) is 1.50. The SMILES string of the molecule is CC(CS)COc1ccccc1I. The van der Waals surface area contributed by atoms with Gasteiger partial charge in [-0.3, -0.25) is 0 Å². The third kappa shape index (κ3) is 3.77. The molecular formula is C10H13IOS. The molecule has 0 bridgehead atoms. The van der Waals surface area contributed by atoms with Crippen LogP contribution in [0.5, 0.6) is 5.75 Å². The van der Waals surface area contributed by atoms with Crippen molar-refractivity contribution in [3.63, 3.8) is 0 Å². The molecule has 3 heteroatoms. The molecule has 13 heavy (non-hydrogen) atoms. The fourth-order valence-electron chi connectivity index (χ4n) is 0.847. The van der Waals surface area contributed by atoms with Crippen LogP contribution in [-0.2, 0) is 0 Å². The Hall–Kier alpha value is 0.100. The van der Waals surface area contributed by atoms with E-state index < -0.39 is 0 Å². The van der Waals surface area contributed by atoms with Crippen molar-refractivity contribution in [2.24, 2.45) is 5.92 Å². The van der Waals surface area contributed by atoms with Gasteiger partial charge in [0.2, 0.25) is 0 Å². The lowest BCUT2D eigenvalue weighted by molar-refractivity contribution is 0.272. The topological polar surface area (TPSA) is 9.23 Å². The van der Waals surface area contributed by atoms with Gasteiger partial charge in [0.05, 0.1) is 10.2 Å². The number of para-hydroxylation sites is 1. The monoisotopic (exact) mass is 308 g/mol. The molecule has 1 aromatic carbocycles. The minimum Gasteiger partial charge on any atom is -0.492 e. The highest BCUT2D eigenvalue weighted by Gasteiger charge is 2.02. The van der Waals surface area contributed by atoms with Crippen molar-refractivity contribution >= 4 is 35.2 Å². The fraction of sp³-hybridized carbons (Fsp3) is 0.400. The Morgan fingerprint density at radius 2 is 2.15 bits per heavy atom. The first-order chi connectivity index (χ1) is 6.24. The van der Waals surface area contributed by atoms with Crippen molar-refractivity contribution in [1.29, 1.82) is 0 Å². The van der Waals surface area contributed by atoms with Crippen LogP contribution in [-0.4, -0.2) is 12.4 Å². The van der Waals surface area contributed by atoms with Crippen molar-refractivity contribution in [3.8, 4) is 5.75 Å². The Morgan fingerprint density at radius 3 is 2.77 bits per heavy atom. The van der Waals surface area contributed by atoms with Crippen LogP contribution >= 0.6 is 35.2 Å². The van der Waals surface area contributed by atoms with E-state index >= 15 is 0 Å². The maximum absolute atomic E-state index is 5.63. The number of benzene rings is 1. The van der Waals surface area contributed by atoms with E-state index in [1.807, 2.05) is 24.3 Å². The molecule has 0 aliphatic rings. The Balaban J connectivity index is 2.50. The van der Waals surface area contributed by atoms with Crippen LogP contribution < -0.4 is 4.74 Å². The molecule has 0 N–H and O–H groups in total. The first-order valence-corrected chi connectivity index (χ1v) is 5.93. The van der Waals surface area contributed by atoms with Crippen LogP contribution in [0.4, 0.5) is 0 Å². The van der Waals surface area contributed by atoms with Crippen molar-refractivity contribution in [3.05, 3.63) is 27.8 Å². The first kappa shape index (κ1) is 11.2. The highest BCUT2D eigenvalue weighted by atomic mass is 127. The zero-order valence-electron chi connectivity index (χ0n) is 7.53. The molecule has 0 aliphatic carbocycles. The van der Waals surface area contributed by atoms with Crippen LogP contribution in [0, 0.1) is 9.49 Å². The summed E-state index contributed by atoms with van der Waals surface area (Å²) >= 11 is 6.48. The van der Waals surface area contributed by atoms with Crippen molar-refractivity contribution in [2.75, 3.05) is 12.4 Å². The average Bonchev–Trinajstić information content (AvgIpc) is 2.16. The highest BCUT2D eigenvalue weighted by Crippen LogP contribution is 2.20. The second kappa shape index (κ2) is 5.75. The molecule has 0 saturated heterocycles. The summed E-state index contributed by atoms with van der Waals surface area (Å²) in [5.74, 6) is 2.33. The number of hydrogen-bond acceptors (Lipinski definition) is 2. The molecule has 1 unspecified atom stereocenters. The number of hydrogen-bond donors (Lipinski definition) is 1. The van der Waals surface area contributed by atoms with E-state index in [1.165, 1.54) is 0 Å². The summed E-state index contributed by atoms with van der Waals surface area (Å²) in [5, 5.41) is 0. The van der Waals surface area contributed by atoms with Gasteiger partial charge in [0.15, 0.2) is 0 Å². The summed E-state index contributed by atoms with van der Waals surface area (Å²) in [6.45, 7) is 2.87. The smallest absolute Gasteiger partial charge is 0.132 e. The molecule has 0 radical (unpaired) electrons. The van der Waals surface area contributed by atoms with Gasteiger partial charge < -0.3 is 4.74 Å². The first-order valence-electron chi connectivity index (χ1n) is 4.22. The third-order valence-electron chi connectivity index (χ3n) is 1.67. The van der Waals surface area contributed by atoms with Gasteiger partial charge in [-0.2, -0.15) is 12.6 Å². The molecule has 1 atom stereocenters. The van der Waals surface area contributed by atoms with Gasteiger partial charge >= 0.3 is 0 Å². The van der Waals surface area contributed by atoms with Crippen molar-refractivity contribution in [2.45, 2.75) is 6.92 Å². The van der Waals surface area contributed by atoms with Crippen molar-refractivity contribution < 1.29 is 4.74 Å². The molecule has 0 fully saturated rings. The Kier molecular flexibility index (Phi) is 4.94. The van der Waals surface area contributed by atoms with Gasteiger partial charge in [-0.15, -0.1) is 0 Å². The molecule has 0 amide bonds. The van der Waals surface area contributed by atoms with E-state index in [-0.39, 0.29) is 0 Å². The van der Waals surface area contributed by atoms with Crippen molar-refractivity contribution in [1.82, 2.24) is 0 Å². The lowest BCUT2D eigenvalue weighted by atomic mass is 10.2. The number of thiol groups is 1. The number of halogens is 1. The molecule has 0 heterocycles. The molecular weight excluding hydrogens is 295 g/mol. The predicted molar refractivity (Wildman–Crippen MR) is 67.7 cm³/mol. The van der Waals surface area contributed by atoms with Gasteiger partial charge in [0, 0.05) is 0 Å². The highest BCUT2D eigenvalue weighted by molar-refractivity contribution is 14.1. The second-order valence-corrected chi connectivity index (χ2v) is 4.56. The van der Waals surface area contributed by atoms with Gasteiger partial charge in [-0.05, 0) is 46.4 Å². The zero-order chi connectivity index (χ0) is 9.68. The minimum absolute atomic E-state index is 0.499. The summed E-state index contributed by atoms with van der Waals surface area (Å²) in [5.41, 5.74) is 0. The number of ether oxygens (including phenoxy) is 1. The summed E-state index contributed by atoms with van der Waals surface area (Å²) in [6, 6.07) is 8.04. The maximum atomic E-state index is 5.63. The summed E-state index contributed by atoms with van der Waals surface area (Å²) in [7, 11) is 0. The van der Waals surface area contributed by atoms with E-state index in [0.29, 0.717) is 5.92 Å². The van der Waals surface area contributed by atoms with E-state index in [4.69, 9.17) is 4.74 Å². The van der Waals surface area contributed by atoms with Crippen LogP contribution in [0.15, 0.2) is 24.3 Å². The van der Waals surface area contributed by atoms with Crippen LogP contribution in [0.1, 0.15) is 6.92 Å². The normalized spacial score (nSPS) is 12.5. The van der Waals surface area contributed by atoms with Crippen LogP contribution in [0.2, 0.25) is 0 Å². The molecule has 1 aromatic rings. The largest absolute Gasteiger partial charge is 0.492 e. The molecule has 0 aliphatic heterocycles. The number of rotatable bonds is 4. The van der Waals surface area contributed by atoms with Crippen LogP contribution in [0.3, 0.4) is 0 Å². The third-order valence-corrected chi connectivity index (χ3v) is 3.19. The predicted octanol–water partition coefficient (Wildman–Crippen LogP) is 3.24. The average molecular weight is 308 g/mol. The molecule has 0 saturated carbocycles. The maximum Gasteiger partial charge on any atom is 0.132 e. The van der Waals surface area contributed by atoms with Gasteiger partial charge in [-0.25, -0.2) is 0 Å². The quantitative estimate of drug-likeness (QED) is 0.664. The lowest BCUT2D eigenvalue weighted by Gasteiger charge is -2.11. The zero-order valence-corrected chi connectivity index (χ0v) is 10.6. The van der Waals surface area contributed by atoms with Gasteiger partial charge in [0.25, 0.3) is 0 Å². The van der Waals surface area contributed by atoms with E-state index in [2.05, 4.69) is 42.1 Å². The second-order valence-electron chi connectivity index (χ2n) is 3.03. The van der Waals surface area contributed by atoms with E-state index in [1.54, 1.807) is 0 Å². The Morgan fingerprint density at radius 1 is 1.46 bits per heavy atom. The minimum atomic E-state index is 0.499. The van der Waals surface area contributed by atoms with Gasteiger partial charge in [-0.1, -0.05) is 19.1 Å². The standard InChI is InChI=1S/C10H13IOS/c1-8(7-13)6-12-10-5-3-2-4-9(10)11/h2-5,8,13H,6-7H2,1H3. The van der Waals surface area contributed by atoms with E-state index in [0.717, 1.165) is 21.7 Å².